The average Bonchev–Trinajstić information content (AvgIpc) is 2.83. The van der Waals surface area contributed by atoms with Crippen LogP contribution in [-0.4, -0.2) is 21.2 Å². The van der Waals surface area contributed by atoms with E-state index in [4.69, 9.17) is 28.2 Å². The maximum absolute atomic E-state index is 13.3. The van der Waals surface area contributed by atoms with E-state index in [-0.39, 0.29) is 17.5 Å². The third-order valence-electron chi connectivity index (χ3n) is 5.35. The fourth-order valence-electron chi connectivity index (χ4n) is 3.62. The summed E-state index contributed by atoms with van der Waals surface area (Å²) in [6.07, 6.45) is 1.01. The van der Waals surface area contributed by atoms with Gasteiger partial charge in [-0.15, -0.1) is 0 Å². The molecular weight excluding hydrogens is 489 g/mol. The molecule has 0 fully saturated rings. The van der Waals surface area contributed by atoms with E-state index in [1.165, 1.54) is 16.3 Å². The Morgan fingerprint density at radius 3 is 2.56 bits per heavy atom. The number of thioether (sulfide) groups is 1. The quantitative estimate of drug-likeness (QED) is 0.168. The maximum atomic E-state index is 13.3. The first kappa shape index (κ1) is 24.3. The van der Waals surface area contributed by atoms with Crippen LogP contribution in [0.2, 0.25) is 10.0 Å². The van der Waals surface area contributed by atoms with Crippen LogP contribution in [0, 0.1) is 0 Å². The van der Waals surface area contributed by atoms with Gasteiger partial charge in [-0.25, -0.2) is 4.98 Å². The molecule has 0 saturated carbocycles. The van der Waals surface area contributed by atoms with Gasteiger partial charge in [-0.3, -0.25) is 14.2 Å². The number of halogens is 2. The largest absolute Gasteiger partial charge is 0.350 e. The van der Waals surface area contributed by atoms with Crippen molar-refractivity contribution < 1.29 is 4.79 Å². The van der Waals surface area contributed by atoms with E-state index in [0.29, 0.717) is 50.4 Å². The van der Waals surface area contributed by atoms with Crippen LogP contribution in [-0.2, 0) is 4.79 Å². The number of carbonyl (C=O) groups excluding carboxylic acids is 1. The van der Waals surface area contributed by atoms with E-state index in [9.17, 15) is 9.59 Å². The van der Waals surface area contributed by atoms with Crippen LogP contribution in [0.3, 0.4) is 0 Å². The second-order valence-corrected chi connectivity index (χ2v) is 9.71. The number of amides is 1. The first-order valence-electron chi connectivity index (χ1n) is 10.9. The van der Waals surface area contributed by atoms with E-state index in [2.05, 4.69) is 5.32 Å². The Morgan fingerprint density at radius 1 is 1.06 bits per heavy atom. The van der Waals surface area contributed by atoms with E-state index >= 15 is 0 Å². The fraction of sp³-hybridized carbons (Fsp3) is 0.192. The summed E-state index contributed by atoms with van der Waals surface area (Å²) in [6, 6.07) is 22.0. The van der Waals surface area contributed by atoms with Crippen LogP contribution in [0.4, 0.5) is 0 Å². The molecule has 4 aromatic rings. The van der Waals surface area contributed by atoms with Gasteiger partial charge < -0.3 is 5.32 Å². The molecule has 0 aliphatic rings. The summed E-state index contributed by atoms with van der Waals surface area (Å²) in [6.45, 7) is 1.97. The Kier molecular flexibility index (Phi) is 7.93. The molecule has 5 nitrogen and oxygen atoms in total. The van der Waals surface area contributed by atoms with Gasteiger partial charge in [0.1, 0.15) is 0 Å². The third kappa shape index (κ3) is 5.63. The molecule has 0 aliphatic carbocycles. The number of aromatic nitrogens is 2. The zero-order chi connectivity index (χ0) is 24.1. The normalized spacial score (nSPS) is 12.0. The lowest BCUT2D eigenvalue weighted by molar-refractivity contribution is -0.121. The molecule has 1 amide bonds. The van der Waals surface area contributed by atoms with E-state index in [0.717, 1.165) is 5.56 Å². The summed E-state index contributed by atoms with van der Waals surface area (Å²) < 4.78 is 1.52. The number of benzene rings is 3. The summed E-state index contributed by atoms with van der Waals surface area (Å²) in [4.78, 5) is 30.5. The second-order valence-electron chi connectivity index (χ2n) is 7.80. The first-order valence-corrected chi connectivity index (χ1v) is 12.6. The predicted octanol–water partition coefficient (Wildman–Crippen LogP) is 6.44. The van der Waals surface area contributed by atoms with Crippen molar-refractivity contribution in [2.45, 2.75) is 31.0 Å². The summed E-state index contributed by atoms with van der Waals surface area (Å²) in [5.41, 5.74) is 2.00. The van der Waals surface area contributed by atoms with Crippen molar-refractivity contribution in [3.63, 3.8) is 0 Å². The number of rotatable bonds is 8. The van der Waals surface area contributed by atoms with Crippen molar-refractivity contribution in [2.24, 2.45) is 0 Å². The molecule has 1 heterocycles. The van der Waals surface area contributed by atoms with E-state index in [1.807, 2.05) is 49.4 Å². The molecule has 8 heteroatoms. The van der Waals surface area contributed by atoms with Crippen LogP contribution in [0.5, 0.6) is 0 Å². The highest BCUT2D eigenvalue weighted by molar-refractivity contribution is 7.99. The minimum atomic E-state index is -0.202. The molecule has 1 aromatic heterocycles. The van der Waals surface area contributed by atoms with Gasteiger partial charge in [0.2, 0.25) is 5.91 Å². The van der Waals surface area contributed by atoms with Crippen LogP contribution in [0.1, 0.15) is 31.4 Å². The molecule has 1 unspecified atom stereocenters. The smallest absolute Gasteiger partial charge is 0.266 e. The molecular formula is C26H23Cl2N3O2S. The highest BCUT2D eigenvalue weighted by atomic mass is 35.5. The van der Waals surface area contributed by atoms with Gasteiger partial charge >= 0.3 is 0 Å². The van der Waals surface area contributed by atoms with Crippen LogP contribution in [0.25, 0.3) is 16.6 Å². The van der Waals surface area contributed by atoms with Crippen LogP contribution >= 0.6 is 35.0 Å². The number of hydrogen-bond donors (Lipinski definition) is 1. The van der Waals surface area contributed by atoms with Crippen LogP contribution in [0.15, 0.2) is 82.7 Å². The summed E-state index contributed by atoms with van der Waals surface area (Å²) in [7, 11) is 0. The monoisotopic (exact) mass is 511 g/mol. The Morgan fingerprint density at radius 2 is 1.79 bits per heavy atom. The van der Waals surface area contributed by atoms with Gasteiger partial charge in [-0.1, -0.05) is 77.4 Å². The average molecular weight is 512 g/mol. The summed E-state index contributed by atoms with van der Waals surface area (Å²) in [5.74, 6) is 0.602. The fourth-order valence-corrected chi connectivity index (χ4v) is 5.06. The zero-order valence-corrected chi connectivity index (χ0v) is 20.8. The van der Waals surface area contributed by atoms with Gasteiger partial charge in [0.15, 0.2) is 5.16 Å². The first-order chi connectivity index (χ1) is 16.4. The van der Waals surface area contributed by atoms with Crippen molar-refractivity contribution in [3.8, 4) is 5.69 Å². The molecule has 34 heavy (non-hydrogen) atoms. The Labute approximate surface area is 212 Å². The molecule has 1 N–H and O–H groups in total. The number of nitrogens with one attached hydrogen (secondary N) is 1. The van der Waals surface area contributed by atoms with Gasteiger partial charge in [-0.05, 0) is 49.2 Å². The lowest BCUT2D eigenvalue weighted by atomic mass is 10.1. The lowest BCUT2D eigenvalue weighted by Gasteiger charge is -2.15. The lowest BCUT2D eigenvalue weighted by Crippen LogP contribution is -2.26. The maximum Gasteiger partial charge on any atom is 0.266 e. The Balaban J connectivity index is 1.49. The van der Waals surface area contributed by atoms with Crippen molar-refractivity contribution in [1.29, 1.82) is 0 Å². The molecule has 0 radical (unpaired) electrons. The minimum absolute atomic E-state index is 0.0124. The van der Waals surface area contributed by atoms with Crippen molar-refractivity contribution in [2.75, 3.05) is 5.75 Å². The number of hydrogen-bond acceptors (Lipinski definition) is 4. The number of nitrogens with zero attached hydrogens (tertiary/aromatic N) is 2. The molecule has 4 rings (SSSR count). The minimum Gasteiger partial charge on any atom is -0.350 e. The second kappa shape index (κ2) is 11.1. The Hall–Kier alpha value is -2.80. The molecule has 1 atom stereocenters. The highest BCUT2D eigenvalue weighted by Gasteiger charge is 2.16. The van der Waals surface area contributed by atoms with Crippen molar-refractivity contribution in [1.82, 2.24) is 14.9 Å². The standard InChI is InChI=1S/C26H23Cl2N3O2S/c1-17(18-8-3-2-4-9-18)29-24(32)12-7-15-34-26-30-22-11-6-5-10-20(22)25(33)31(26)23-14-13-19(27)16-21(23)28/h2-6,8-11,13-14,16-17H,7,12,15H2,1H3,(H,29,32). The van der Waals surface area contributed by atoms with Gasteiger partial charge in [-0.2, -0.15) is 0 Å². The molecule has 3 aromatic carbocycles. The number of fused-ring (bicyclic) bond motifs is 1. The van der Waals surface area contributed by atoms with Gasteiger partial charge in [0, 0.05) is 17.2 Å². The van der Waals surface area contributed by atoms with Gasteiger partial charge in [0.05, 0.1) is 27.7 Å². The van der Waals surface area contributed by atoms with Crippen molar-refractivity contribution >= 4 is 51.8 Å². The topological polar surface area (TPSA) is 64.0 Å². The van der Waals surface area contributed by atoms with Crippen LogP contribution < -0.4 is 10.9 Å². The van der Waals surface area contributed by atoms with Crippen molar-refractivity contribution in [3.05, 3.63) is 98.8 Å². The number of carbonyl (C=O) groups is 1. The SMILES string of the molecule is CC(NC(=O)CCCSc1nc2ccccc2c(=O)n1-c1ccc(Cl)cc1Cl)c1ccccc1. The summed E-state index contributed by atoms with van der Waals surface area (Å²) >= 11 is 13.9. The third-order valence-corrected chi connectivity index (χ3v) is 6.91. The molecule has 0 bridgehead atoms. The number of para-hydroxylation sites is 1. The molecule has 0 aliphatic heterocycles. The zero-order valence-electron chi connectivity index (χ0n) is 18.5. The summed E-state index contributed by atoms with van der Waals surface area (Å²) in [5, 5.41) is 4.91. The van der Waals surface area contributed by atoms with E-state index < -0.39 is 0 Å². The Bertz CT molecular complexity index is 1380. The molecule has 174 valence electrons. The predicted molar refractivity (Wildman–Crippen MR) is 140 cm³/mol. The molecule has 0 saturated heterocycles. The molecule has 0 spiro atoms. The van der Waals surface area contributed by atoms with E-state index in [1.54, 1.807) is 30.3 Å². The highest BCUT2D eigenvalue weighted by Crippen LogP contribution is 2.28. The van der Waals surface area contributed by atoms with Gasteiger partial charge in [0.25, 0.3) is 5.56 Å².